The molecule has 0 bridgehead atoms. The van der Waals surface area contributed by atoms with Gasteiger partial charge in [-0.1, -0.05) is 23.7 Å². The predicted molar refractivity (Wildman–Crippen MR) is 78.2 cm³/mol. The molecule has 1 aliphatic heterocycles. The number of halogens is 1. The highest BCUT2D eigenvalue weighted by molar-refractivity contribution is 6.34. The van der Waals surface area contributed by atoms with Crippen LogP contribution < -0.4 is 0 Å². The zero-order valence-corrected chi connectivity index (χ0v) is 12.4. The van der Waals surface area contributed by atoms with Crippen LogP contribution in [0.2, 0.25) is 5.02 Å². The maximum absolute atomic E-state index is 10.9. The van der Waals surface area contributed by atoms with Gasteiger partial charge in [0.25, 0.3) is 0 Å². The first-order valence-corrected chi connectivity index (χ1v) is 7.67. The van der Waals surface area contributed by atoms with E-state index in [1.807, 2.05) is 18.2 Å². The molecule has 1 saturated carbocycles. The van der Waals surface area contributed by atoms with Crippen molar-refractivity contribution in [2.24, 2.45) is 0 Å². The van der Waals surface area contributed by atoms with Crippen molar-refractivity contribution in [3.05, 3.63) is 35.0 Å². The highest BCUT2D eigenvalue weighted by Crippen LogP contribution is 2.46. The highest BCUT2D eigenvalue weighted by atomic mass is 35.5. The van der Waals surface area contributed by atoms with E-state index < -0.39 is 11.4 Å². The third-order valence-corrected chi connectivity index (χ3v) is 4.90. The Morgan fingerprint density at radius 2 is 1.76 bits per heavy atom. The van der Waals surface area contributed by atoms with Gasteiger partial charge in [-0.05, 0) is 25.0 Å². The van der Waals surface area contributed by atoms with Gasteiger partial charge in [0, 0.05) is 18.2 Å². The lowest BCUT2D eigenvalue weighted by atomic mass is 9.80. The summed E-state index contributed by atoms with van der Waals surface area (Å²) in [4.78, 5) is 0. The molecule has 1 spiro atoms. The molecule has 1 saturated heterocycles. The number of fused-ring (bicyclic) bond motifs is 1. The SMILES string of the molecule is OC1(c2cc3cccc(Cl)c3o2)CCC2(CC1)OCCO2. The summed E-state index contributed by atoms with van der Waals surface area (Å²) in [6.45, 7) is 1.28. The molecule has 1 aromatic carbocycles. The lowest BCUT2D eigenvalue weighted by Gasteiger charge is -2.39. The van der Waals surface area contributed by atoms with Crippen LogP contribution in [0.5, 0.6) is 0 Å². The zero-order valence-electron chi connectivity index (χ0n) is 11.6. The molecule has 0 amide bonds. The van der Waals surface area contributed by atoms with Gasteiger partial charge in [-0.2, -0.15) is 0 Å². The van der Waals surface area contributed by atoms with Crippen LogP contribution in [0.3, 0.4) is 0 Å². The average Bonchev–Trinajstić information content (AvgIpc) is 3.11. The third kappa shape index (κ3) is 2.18. The van der Waals surface area contributed by atoms with Crippen LogP contribution in [-0.2, 0) is 15.1 Å². The molecule has 2 fully saturated rings. The first-order chi connectivity index (χ1) is 10.1. The van der Waals surface area contributed by atoms with Gasteiger partial charge in [-0.25, -0.2) is 0 Å². The molecular weight excluding hydrogens is 292 g/mol. The number of rotatable bonds is 1. The van der Waals surface area contributed by atoms with Crippen molar-refractivity contribution >= 4 is 22.6 Å². The van der Waals surface area contributed by atoms with Crippen LogP contribution >= 0.6 is 11.6 Å². The minimum atomic E-state index is -0.969. The minimum Gasteiger partial charge on any atom is -0.456 e. The largest absolute Gasteiger partial charge is 0.456 e. The Morgan fingerprint density at radius 1 is 1.05 bits per heavy atom. The van der Waals surface area contributed by atoms with E-state index in [0.717, 1.165) is 5.39 Å². The summed E-state index contributed by atoms with van der Waals surface area (Å²) < 4.78 is 17.2. The van der Waals surface area contributed by atoms with Crippen molar-refractivity contribution in [2.45, 2.75) is 37.1 Å². The molecular formula is C16H17ClO4. The van der Waals surface area contributed by atoms with Crippen molar-refractivity contribution in [2.75, 3.05) is 13.2 Å². The second-order valence-corrected chi connectivity index (χ2v) is 6.32. The van der Waals surface area contributed by atoms with Gasteiger partial charge in [0.15, 0.2) is 11.4 Å². The molecule has 2 heterocycles. The maximum Gasteiger partial charge on any atom is 0.168 e. The first-order valence-electron chi connectivity index (χ1n) is 7.29. The van der Waals surface area contributed by atoms with Gasteiger partial charge >= 0.3 is 0 Å². The standard InChI is InChI=1S/C16H17ClO4/c17-12-3-1-2-11-10-13(21-14(11)12)15(18)4-6-16(7-5-15)19-8-9-20-16/h1-3,10,18H,4-9H2. The second kappa shape index (κ2) is 4.71. The van der Waals surface area contributed by atoms with E-state index in [9.17, 15) is 5.11 Å². The molecule has 0 radical (unpaired) electrons. The molecule has 1 aromatic heterocycles. The van der Waals surface area contributed by atoms with Crippen molar-refractivity contribution in [1.29, 1.82) is 0 Å². The van der Waals surface area contributed by atoms with Crippen LogP contribution in [0.1, 0.15) is 31.4 Å². The summed E-state index contributed by atoms with van der Waals surface area (Å²) in [5.74, 6) is 0.0917. The van der Waals surface area contributed by atoms with Gasteiger partial charge in [-0.15, -0.1) is 0 Å². The number of ether oxygens (including phenoxy) is 2. The third-order valence-electron chi connectivity index (χ3n) is 4.61. The number of para-hydroxylation sites is 1. The lowest BCUT2D eigenvalue weighted by Crippen LogP contribution is -2.41. The maximum atomic E-state index is 10.9. The average molecular weight is 309 g/mol. The normalized spacial score (nSPS) is 23.9. The van der Waals surface area contributed by atoms with Gasteiger partial charge in [0.2, 0.25) is 0 Å². The van der Waals surface area contributed by atoms with E-state index >= 15 is 0 Å². The van der Waals surface area contributed by atoms with E-state index in [1.165, 1.54) is 0 Å². The number of aliphatic hydroxyl groups is 1. The Morgan fingerprint density at radius 3 is 2.43 bits per heavy atom. The van der Waals surface area contributed by atoms with Crippen molar-refractivity contribution < 1.29 is 19.0 Å². The summed E-state index contributed by atoms with van der Waals surface area (Å²) in [5, 5.41) is 12.4. The van der Waals surface area contributed by atoms with Crippen molar-refractivity contribution in [3.8, 4) is 0 Å². The Bertz CT molecular complexity index is 662. The Balaban J connectivity index is 1.64. The van der Waals surface area contributed by atoms with Crippen molar-refractivity contribution in [3.63, 3.8) is 0 Å². The lowest BCUT2D eigenvalue weighted by molar-refractivity contribution is -0.206. The zero-order chi connectivity index (χ0) is 14.5. The van der Waals surface area contributed by atoms with Crippen LogP contribution in [0.15, 0.2) is 28.7 Å². The second-order valence-electron chi connectivity index (χ2n) is 5.91. The van der Waals surface area contributed by atoms with E-state index in [2.05, 4.69) is 0 Å². The fourth-order valence-electron chi connectivity index (χ4n) is 3.33. The van der Waals surface area contributed by atoms with E-state index in [4.69, 9.17) is 25.5 Å². The highest BCUT2D eigenvalue weighted by Gasteiger charge is 2.47. The van der Waals surface area contributed by atoms with Crippen LogP contribution in [-0.4, -0.2) is 24.1 Å². The summed E-state index contributed by atoms with van der Waals surface area (Å²) in [5.41, 5.74) is -0.334. The molecule has 5 heteroatoms. The molecule has 2 aliphatic rings. The minimum absolute atomic E-state index is 0.490. The van der Waals surface area contributed by atoms with Gasteiger partial charge in [0.1, 0.15) is 11.4 Å². The van der Waals surface area contributed by atoms with Crippen LogP contribution in [0.4, 0.5) is 0 Å². The number of furan rings is 1. The molecule has 0 atom stereocenters. The quantitative estimate of drug-likeness (QED) is 0.874. The van der Waals surface area contributed by atoms with Gasteiger partial charge in [-0.3, -0.25) is 0 Å². The summed E-state index contributed by atoms with van der Waals surface area (Å²) in [6, 6.07) is 7.49. The Hall–Kier alpha value is -1.07. The molecule has 1 N–H and O–H groups in total. The summed E-state index contributed by atoms with van der Waals surface area (Å²) in [7, 11) is 0. The van der Waals surface area contributed by atoms with Gasteiger partial charge in [0.05, 0.1) is 18.2 Å². The fraction of sp³-hybridized carbons (Fsp3) is 0.500. The number of benzene rings is 1. The Labute approximate surface area is 127 Å². The summed E-state index contributed by atoms with van der Waals surface area (Å²) in [6.07, 6.45) is 2.47. The summed E-state index contributed by atoms with van der Waals surface area (Å²) >= 11 is 6.14. The van der Waals surface area contributed by atoms with Crippen LogP contribution in [0.25, 0.3) is 11.0 Å². The topological polar surface area (TPSA) is 51.8 Å². The number of hydrogen-bond donors (Lipinski definition) is 1. The monoisotopic (exact) mass is 308 g/mol. The van der Waals surface area contributed by atoms with Gasteiger partial charge < -0.3 is 19.0 Å². The molecule has 112 valence electrons. The smallest absolute Gasteiger partial charge is 0.168 e. The molecule has 2 aromatic rings. The molecule has 1 aliphatic carbocycles. The molecule has 4 nitrogen and oxygen atoms in total. The fourth-order valence-corrected chi connectivity index (χ4v) is 3.55. The predicted octanol–water partition coefficient (Wildman–Crippen LogP) is 3.59. The molecule has 4 rings (SSSR count). The van der Waals surface area contributed by atoms with Crippen molar-refractivity contribution in [1.82, 2.24) is 0 Å². The Kier molecular flexibility index (Phi) is 3.05. The van der Waals surface area contributed by atoms with E-state index in [-0.39, 0.29) is 0 Å². The van der Waals surface area contributed by atoms with E-state index in [0.29, 0.717) is 55.3 Å². The van der Waals surface area contributed by atoms with E-state index in [1.54, 1.807) is 6.07 Å². The molecule has 21 heavy (non-hydrogen) atoms. The number of hydrogen-bond acceptors (Lipinski definition) is 4. The first kappa shape index (κ1) is 13.6. The van der Waals surface area contributed by atoms with Crippen LogP contribution in [0, 0.1) is 0 Å². The molecule has 0 unspecified atom stereocenters.